The maximum atomic E-state index is 12.9. The van der Waals surface area contributed by atoms with Crippen molar-refractivity contribution in [2.24, 2.45) is 0 Å². The smallest absolute Gasteiger partial charge is 0.280 e. The molecule has 0 aromatic heterocycles. The van der Waals surface area contributed by atoms with E-state index in [9.17, 15) is 30.0 Å². The Kier molecular flexibility index (Phi) is 5.57. The number of nitrogens with one attached hydrogen (secondary N) is 2. The van der Waals surface area contributed by atoms with Gasteiger partial charge in [-0.2, -0.15) is 13.2 Å². The molecule has 0 unspecified atom stereocenters. The molecule has 0 atom stereocenters. The summed E-state index contributed by atoms with van der Waals surface area (Å²) in [7, 11) is -6.83. The van der Waals surface area contributed by atoms with Crippen LogP contribution in [0.25, 0.3) is 0 Å². The number of halogens is 4. The summed E-state index contributed by atoms with van der Waals surface area (Å²) in [5.74, 6) is 0. The molecule has 2 aromatic carbocycles. The number of hydrogen-bond donors (Lipinski definition) is 2. The SMILES string of the molecule is CNS(=O)(=O)c1ccc(NS(=O)(=O)c2ccc(Cl)c(C(F)(F)F)c2)cc1. The largest absolute Gasteiger partial charge is 0.417 e. The summed E-state index contributed by atoms with van der Waals surface area (Å²) in [5.41, 5.74) is -1.30. The highest BCUT2D eigenvalue weighted by Gasteiger charge is 2.34. The van der Waals surface area contributed by atoms with Crippen LogP contribution >= 0.6 is 11.6 Å². The molecule has 2 N–H and O–H groups in total. The van der Waals surface area contributed by atoms with Gasteiger partial charge in [-0.3, -0.25) is 4.72 Å². The van der Waals surface area contributed by atoms with Crippen molar-refractivity contribution in [1.29, 1.82) is 0 Å². The van der Waals surface area contributed by atoms with Crippen molar-refractivity contribution in [1.82, 2.24) is 4.72 Å². The number of hydrogen-bond acceptors (Lipinski definition) is 4. The molecule has 2 rings (SSSR count). The van der Waals surface area contributed by atoms with Gasteiger partial charge in [-0.25, -0.2) is 21.6 Å². The minimum absolute atomic E-state index is 0.0245. The fourth-order valence-corrected chi connectivity index (χ4v) is 3.96. The molecular weight excluding hydrogens is 417 g/mol. The molecule has 0 radical (unpaired) electrons. The molecule has 0 heterocycles. The topological polar surface area (TPSA) is 92.3 Å². The quantitative estimate of drug-likeness (QED) is 0.765. The molecule has 0 amide bonds. The maximum Gasteiger partial charge on any atom is 0.417 e. The highest BCUT2D eigenvalue weighted by molar-refractivity contribution is 7.92. The molecule has 26 heavy (non-hydrogen) atoms. The number of rotatable bonds is 5. The molecule has 0 aliphatic rings. The van der Waals surface area contributed by atoms with Gasteiger partial charge in [-0.15, -0.1) is 0 Å². The highest BCUT2D eigenvalue weighted by Crippen LogP contribution is 2.36. The van der Waals surface area contributed by atoms with E-state index in [1.807, 2.05) is 0 Å². The molecule has 0 aliphatic heterocycles. The summed E-state index contributed by atoms with van der Waals surface area (Å²) in [6.07, 6.45) is -4.81. The van der Waals surface area contributed by atoms with E-state index in [2.05, 4.69) is 9.44 Å². The molecule has 12 heteroatoms. The minimum atomic E-state index is -4.81. The molecule has 0 bridgehead atoms. The van der Waals surface area contributed by atoms with Crippen molar-refractivity contribution in [3.63, 3.8) is 0 Å². The van der Waals surface area contributed by atoms with Crippen LogP contribution in [0, 0.1) is 0 Å². The Morgan fingerprint density at radius 3 is 1.92 bits per heavy atom. The molecular formula is C14H12ClF3N2O4S2. The van der Waals surface area contributed by atoms with Crippen LogP contribution in [0.2, 0.25) is 5.02 Å². The lowest BCUT2D eigenvalue weighted by atomic mass is 10.2. The Hall–Kier alpha value is -1.82. The van der Waals surface area contributed by atoms with Crippen molar-refractivity contribution in [2.75, 3.05) is 11.8 Å². The summed E-state index contributed by atoms with van der Waals surface area (Å²) in [6, 6.07) is 6.82. The average molecular weight is 429 g/mol. The molecule has 0 spiro atoms. The van der Waals surface area contributed by atoms with Gasteiger partial charge in [0.1, 0.15) is 0 Å². The molecule has 0 fully saturated rings. The maximum absolute atomic E-state index is 12.9. The number of benzene rings is 2. The van der Waals surface area contributed by atoms with E-state index in [1.54, 1.807) is 0 Å². The van der Waals surface area contributed by atoms with Gasteiger partial charge in [0.05, 0.1) is 20.4 Å². The predicted molar refractivity (Wildman–Crippen MR) is 90.0 cm³/mol. The second kappa shape index (κ2) is 7.06. The van der Waals surface area contributed by atoms with E-state index in [1.165, 1.54) is 19.2 Å². The number of sulfonamides is 2. The van der Waals surface area contributed by atoms with Crippen LogP contribution < -0.4 is 9.44 Å². The molecule has 6 nitrogen and oxygen atoms in total. The van der Waals surface area contributed by atoms with Crippen LogP contribution in [0.1, 0.15) is 5.56 Å². The zero-order valence-corrected chi connectivity index (χ0v) is 15.4. The Labute approximate surface area is 153 Å². The predicted octanol–water partition coefficient (Wildman–Crippen LogP) is 3.07. The third kappa shape index (κ3) is 4.47. The van der Waals surface area contributed by atoms with E-state index in [0.29, 0.717) is 6.07 Å². The van der Waals surface area contributed by atoms with E-state index >= 15 is 0 Å². The zero-order chi connectivity index (χ0) is 19.8. The van der Waals surface area contributed by atoms with E-state index in [0.717, 1.165) is 24.3 Å². The fraction of sp³-hybridized carbons (Fsp3) is 0.143. The minimum Gasteiger partial charge on any atom is -0.280 e. The van der Waals surface area contributed by atoms with Crippen molar-refractivity contribution in [3.8, 4) is 0 Å². The highest BCUT2D eigenvalue weighted by atomic mass is 35.5. The van der Waals surface area contributed by atoms with Gasteiger partial charge in [0.25, 0.3) is 10.0 Å². The van der Waals surface area contributed by atoms with Crippen LogP contribution in [-0.2, 0) is 26.2 Å². The van der Waals surface area contributed by atoms with Crippen molar-refractivity contribution in [3.05, 3.63) is 53.1 Å². The van der Waals surface area contributed by atoms with E-state index in [-0.39, 0.29) is 10.6 Å². The third-order valence-corrected chi connectivity index (χ3v) is 6.38. The number of anilines is 1. The molecule has 0 saturated heterocycles. The number of alkyl halides is 3. The lowest BCUT2D eigenvalue weighted by Gasteiger charge is -2.13. The van der Waals surface area contributed by atoms with Crippen LogP contribution in [0.4, 0.5) is 18.9 Å². The monoisotopic (exact) mass is 428 g/mol. The zero-order valence-electron chi connectivity index (χ0n) is 13.0. The van der Waals surface area contributed by atoms with Crippen LogP contribution in [0.15, 0.2) is 52.3 Å². The normalized spacial score (nSPS) is 12.8. The van der Waals surface area contributed by atoms with Gasteiger partial charge < -0.3 is 0 Å². The van der Waals surface area contributed by atoms with Gasteiger partial charge >= 0.3 is 6.18 Å². The van der Waals surface area contributed by atoms with Crippen LogP contribution in [0.5, 0.6) is 0 Å². The van der Waals surface area contributed by atoms with Gasteiger partial charge in [0.15, 0.2) is 0 Å². The Morgan fingerprint density at radius 1 is 0.885 bits per heavy atom. The van der Waals surface area contributed by atoms with Gasteiger partial charge in [0, 0.05) is 5.69 Å². The second-order valence-electron chi connectivity index (χ2n) is 4.98. The Morgan fingerprint density at radius 2 is 1.42 bits per heavy atom. The molecule has 142 valence electrons. The first-order valence-electron chi connectivity index (χ1n) is 6.80. The molecule has 2 aromatic rings. The first-order chi connectivity index (χ1) is 11.9. The van der Waals surface area contributed by atoms with Crippen LogP contribution in [0.3, 0.4) is 0 Å². The lowest BCUT2D eigenvalue weighted by Crippen LogP contribution is -2.18. The first-order valence-corrected chi connectivity index (χ1v) is 10.1. The second-order valence-corrected chi connectivity index (χ2v) is 8.95. The summed E-state index contributed by atoms with van der Waals surface area (Å²) >= 11 is 5.47. The summed E-state index contributed by atoms with van der Waals surface area (Å²) in [6.45, 7) is 0. The summed E-state index contributed by atoms with van der Waals surface area (Å²) in [4.78, 5) is -0.741. The fourth-order valence-electron chi connectivity index (χ4n) is 1.92. The van der Waals surface area contributed by atoms with Crippen molar-refractivity contribution in [2.45, 2.75) is 16.0 Å². The van der Waals surface area contributed by atoms with Gasteiger partial charge in [-0.05, 0) is 49.5 Å². The Bertz CT molecular complexity index is 1020. The van der Waals surface area contributed by atoms with Gasteiger partial charge in [-0.1, -0.05) is 11.6 Å². The first kappa shape index (κ1) is 20.5. The van der Waals surface area contributed by atoms with Gasteiger partial charge in [0.2, 0.25) is 10.0 Å². The molecule has 0 saturated carbocycles. The van der Waals surface area contributed by atoms with E-state index in [4.69, 9.17) is 11.6 Å². The molecule has 0 aliphatic carbocycles. The van der Waals surface area contributed by atoms with Crippen LogP contribution in [-0.4, -0.2) is 23.9 Å². The standard InChI is InChI=1S/C14H12ClF3N2O4S2/c1-19-25(21,22)10-4-2-9(3-5-10)20-26(23,24)11-6-7-13(15)12(8-11)14(16,17)18/h2-8,19-20H,1H3. The lowest BCUT2D eigenvalue weighted by molar-refractivity contribution is -0.137. The summed E-state index contributed by atoms with van der Waals surface area (Å²) < 4.78 is 90.6. The average Bonchev–Trinajstić information content (AvgIpc) is 2.54. The summed E-state index contributed by atoms with van der Waals surface area (Å²) in [5, 5.41) is -0.627. The Balaban J connectivity index is 2.35. The van der Waals surface area contributed by atoms with E-state index < -0.39 is 41.7 Å². The van der Waals surface area contributed by atoms with Crippen molar-refractivity contribution >= 4 is 37.3 Å². The third-order valence-electron chi connectivity index (χ3n) is 3.24. The van der Waals surface area contributed by atoms with Crippen molar-refractivity contribution < 1.29 is 30.0 Å².